The molecule has 0 saturated carbocycles. The summed E-state index contributed by atoms with van der Waals surface area (Å²) in [6.07, 6.45) is 7.01. The number of benzene rings is 4. The van der Waals surface area contributed by atoms with Crippen molar-refractivity contribution in [1.82, 2.24) is 40.1 Å². The maximum atomic E-state index is 11.8. The van der Waals surface area contributed by atoms with Crippen LogP contribution in [0.4, 0.5) is 0 Å². The third-order valence-corrected chi connectivity index (χ3v) is 13.0. The number of aromatic nitrogens is 6. The van der Waals surface area contributed by atoms with Gasteiger partial charge in [-0.1, -0.05) is 0 Å². The van der Waals surface area contributed by atoms with Gasteiger partial charge in [0.2, 0.25) is 22.9 Å². The molecule has 0 spiro atoms. The van der Waals surface area contributed by atoms with Crippen molar-refractivity contribution in [3.05, 3.63) is 96.8 Å². The van der Waals surface area contributed by atoms with Gasteiger partial charge in [-0.25, -0.2) is 19.9 Å². The molecule has 2 fully saturated rings. The molecule has 8 aromatic rings. The van der Waals surface area contributed by atoms with E-state index in [0.717, 1.165) is 94.0 Å². The Hall–Kier alpha value is -6.59. The van der Waals surface area contributed by atoms with Crippen LogP contribution in [0, 0.1) is 25.7 Å². The number of H-pyrrole nitrogens is 2. The molecule has 0 aliphatic carbocycles. The first-order valence-corrected chi connectivity index (χ1v) is 24.7. The van der Waals surface area contributed by atoms with Crippen LogP contribution < -0.4 is 33.7 Å². The summed E-state index contributed by atoms with van der Waals surface area (Å²) in [5.74, 6) is 5.73. The third-order valence-electron chi connectivity index (χ3n) is 12.2. The Bertz CT molecular complexity index is 3120. The zero-order valence-electron chi connectivity index (χ0n) is 39.9. The Morgan fingerprint density at radius 2 is 1.08 bits per heavy atom. The maximum absolute atomic E-state index is 11.8. The number of nitrogens with zero attached hydrogens (tertiary/aromatic N) is 5. The number of methoxy groups -OCH3 is 2. The Balaban J connectivity index is 0.000000175. The number of amides is 1. The summed E-state index contributed by atoms with van der Waals surface area (Å²) in [4.78, 5) is 47.2. The molecular weight excluding hydrogens is 971 g/mol. The first-order chi connectivity index (χ1) is 34.5. The highest BCUT2D eigenvalue weighted by molar-refractivity contribution is 6.67. The Morgan fingerprint density at radius 1 is 0.620 bits per heavy atom. The van der Waals surface area contributed by atoms with Gasteiger partial charge in [0.25, 0.3) is 0 Å². The van der Waals surface area contributed by atoms with Crippen LogP contribution in [0.3, 0.4) is 0 Å². The molecule has 372 valence electrons. The number of rotatable bonds is 14. The Kier molecular flexibility index (Phi) is 17.2. The number of ether oxygens (including phenoxy) is 6. The second kappa shape index (κ2) is 24.0. The maximum Gasteiger partial charge on any atom is 0.237 e. The average molecular weight is 1030 g/mol. The van der Waals surface area contributed by atoms with E-state index < -0.39 is 5.24 Å². The molecule has 0 radical (unpaired) electrons. The van der Waals surface area contributed by atoms with Gasteiger partial charge in [0.15, 0.2) is 23.0 Å². The van der Waals surface area contributed by atoms with Gasteiger partial charge in [0, 0.05) is 58.4 Å². The van der Waals surface area contributed by atoms with Gasteiger partial charge in [-0.3, -0.25) is 9.59 Å². The normalized spacial score (nSPS) is 14.1. The third kappa shape index (κ3) is 13.0. The van der Waals surface area contributed by atoms with Crippen LogP contribution in [0.5, 0.6) is 46.3 Å². The number of piperidine rings is 2. The molecule has 2 aliphatic heterocycles. The zero-order valence-corrected chi connectivity index (χ0v) is 42.1. The molecule has 71 heavy (non-hydrogen) atoms. The molecule has 1 amide bonds. The lowest BCUT2D eigenvalue weighted by Gasteiger charge is -2.31. The van der Waals surface area contributed by atoms with Crippen LogP contribution in [0.15, 0.2) is 85.5 Å². The number of alkyl halides is 2. The van der Waals surface area contributed by atoms with E-state index in [2.05, 4.69) is 47.4 Å². The summed E-state index contributed by atoms with van der Waals surface area (Å²) in [7, 11) is 3.25. The minimum atomic E-state index is -0.508. The highest BCUT2D eigenvalue weighted by Crippen LogP contribution is 2.39. The molecule has 0 bridgehead atoms. The monoisotopic (exact) mass is 1020 g/mol. The molecule has 6 heterocycles. The summed E-state index contributed by atoms with van der Waals surface area (Å²) >= 11 is 15.2. The second-order valence-corrected chi connectivity index (χ2v) is 18.2. The average Bonchev–Trinajstić information content (AvgIpc) is 3.97. The van der Waals surface area contributed by atoms with Crippen molar-refractivity contribution in [3.63, 3.8) is 0 Å². The Labute approximate surface area is 425 Å². The quantitative estimate of drug-likeness (QED) is 0.0690. The van der Waals surface area contributed by atoms with E-state index in [-0.39, 0.29) is 17.7 Å². The molecule has 10 rings (SSSR count). The van der Waals surface area contributed by atoms with E-state index in [4.69, 9.17) is 63.2 Å². The van der Waals surface area contributed by atoms with Gasteiger partial charge < -0.3 is 48.6 Å². The number of likely N-dealkylation sites (tertiary alicyclic amines) is 1. The molecule has 19 heteroatoms. The molecule has 2 saturated heterocycles. The molecule has 3 N–H and O–H groups in total. The van der Waals surface area contributed by atoms with Crippen LogP contribution in [-0.4, -0.2) is 111 Å². The zero-order chi connectivity index (χ0) is 49.9. The summed E-state index contributed by atoms with van der Waals surface area (Å²) < 4.78 is 35.8. The van der Waals surface area contributed by atoms with Crippen molar-refractivity contribution in [2.24, 2.45) is 11.8 Å². The number of nitrogens with one attached hydrogen (secondary N) is 3. The number of aryl methyl sites for hydroxylation is 2. The number of carbonyl (C=O) groups is 2. The van der Waals surface area contributed by atoms with Gasteiger partial charge in [0.05, 0.1) is 55.1 Å². The summed E-state index contributed by atoms with van der Waals surface area (Å²) in [6, 6.07) is 23.5. The van der Waals surface area contributed by atoms with Crippen LogP contribution >= 0.6 is 34.8 Å². The smallest absolute Gasteiger partial charge is 0.237 e. The van der Waals surface area contributed by atoms with Crippen molar-refractivity contribution < 1.29 is 38.0 Å². The van der Waals surface area contributed by atoms with E-state index in [9.17, 15) is 9.59 Å². The predicted molar refractivity (Wildman–Crippen MR) is 277 cm³/mol. The van der Waals surface area contributed by atoms with Crippen LogP contribution in [0.25, 0.3) is 43.6 Å². The largest absolute Gasteiger partial charge is 0.493 e. The van der Waals surface area contributed by atoms with Crippen molar-refractivity contribution in [3.8, 4) is 46.3 Å². The molecule has 2 aliphatic rings. The van der Waals surface area contributed by atoms with Crippen molar-refractivity contribution in [1.29, 1.82) is 0 Å². The van der Waals surface area contributed by atoms with Crippen LogP contribution in [0.1, 0.15) is 37.1 Å². The summed E-state index contributed by atoms with van der Waals surface area (Å²) in [5.41, 5.74) is 5.80. The SMILES string of the molecule is COc1cc2c(Oc3ccc4[nH]c(C)cc4c3)ncnc2cc1OCC1CCN(C(=O)CCl)CC1.COc1cc2c(Oc3ccc4[nH]c(C)cc4c3)ncnc2cc1OCC1CCNCC1.O=C(Cl)CCl. The number of aromatic amines is 2. The van der Waals surface area contributed by atoms with E-state index in [1.165, 1.54) is 12.7 Å². The summed E-state index contributed by atoms with van der Waals surface area (Å²) in [6.45, 7) is 8.78. The first-order valence-electron chi connectivity index (χ1n) is 23.2. The topological polar surface area (TPSA) is 188 Å². The fourth-order valence-corrected chi connectivity index (χ4v) is 8.72. The molecule has 16 nitrogen and oxygen atoms in total. The molecule has 0 unspecified atom stereocenters. The van der Waals surface area contributed by atoms with Gasteiger partial charge in [-0.2, -0.15) is 0 Å². The molecular formula is C52H55Cl3N8O8. The highest BCUT2D eigenvalue weighted by atomic mass is 35.5. The van der Waals surface area contributed by atoms with E-state index in [0.29, 0.717) is 84.2 Å². The number of carbonyl (C=O) groups excluding carboxylic acids is 2. The van der Waals surface area contributed by atoms with Gasteiger partial charge in [-0.15, -0.1) is 23.2 Å². The summed E-state index contributed by atoms with van der Waals surface area (Å²) in [5, 5.41) is 6.55. The van der Waals surface area contributed by atoms with Crippen LogP contribution in [0.2, 0.25) is 0 Å². The number of fused-ring (bicyclic) bond motifs is 4. The van der Waals surface area contributed by atoms with Gasteiger partial charge in [0.1, 0.15) is 30.0 Å². The lowest BCUT2D eigenvalue weighted by molar-refractivity contribution is -0.130. The first kappa shape index (κ1) is 50.8. The number of halogens is 3. The molecule has 0 atom stereocenters. The Morgan fingerprint density at radius 3 is 1.52 bits per heavy atom. The highest BCUT2D eigenvalue weighted by Gasteiger charge is 2.24. The minimum Gasteiger partial charge on any atom is -0.493 e. The van der Waals surface area contributed by atoms with Crippen molar-refractivity contribution >= 4 is 89.6 Å². The molecule has 4 aromatic carbocycles. The molecule has 4 aromatic heterocycles. The fraction of sp³-hybridized carbons (Fsp3) is 0.346. The van der Waals surface area contributed by atoms with Gasteiger partial charge in [-0.05, 0) is 137 Å². The van der Waals surface area contributed by atoms with Crippen LogP contribution in [-0.2, 0) is 9.59 Å². The van der Waals surface area contributed by atoms with Crippen molar-refractivity contribution in [2.75, 3.05) is 65.4 Å². The number of hydrogen-bond acceptors (Lipinski definition) is 13. The predicted octanol–water partition coefficient (Wildman–Crippen LogP) is 10.7. The van der Waals surface area contributed by atoms with Gasteiger partial charge >= 0.3 is 0 Å². The number of hydrogen-bond donors (Lipinski definition) is 3. The van der Waals surface area contributed by atoms with E-state index >= 15 is 0 Å². The van der Waals surface area contributed by atoms with E-state index in [1.54, 1.807) is 14.2 Å². The minimum absolute atomic E-state index is 0.0110. The van der Waals surface area contributed by atoms with Crippen molar-refractivity contribution in [2.45, 2.75) is 39.5 Å². The standard InChI is InChI=1S/C26H27ClN4O4.C24H26N4O3.C2H2Cl2O/c1-16-9-18-10-19(3-4-21(18)30-16)35-26-20-11-23(33-2)24(12-22(20)28-15-29-26)34-14-17-5-7-31(8-6-17)25(32)13-27;1-15-9-17-10-18(3-4-20(17)28-15)31-24-19-11-22(29-2)23(12-21(19)26-14-27-24)30-13-16-5-7-25-8-6-16;3-1-2(4)5/h3-4,9-12,15,17,30H,5-8,13-14H2,1-2H3;3-4,9-12,14,16,25,28H,5-8,13H2,1-2H3;1H2. The lowest BCUT2D eigenvalue weighted by Crippen LogP contribution is -2.40. The second-order valence-electron chi connectivity index (χ2n) is 17.3. The fourth-order valence-electron chi connectivity index (χ4n) is 8.55. The lowest BCUT2D eigenvalue weighted by atomic mass is 9.98. The van der Waals surface area contributed by atoms with E-state index in [1.807, 2.05) is 79.4 Å².